The van der Waals surface area contributed by atoms with Gasteiger partial charge in [-0.3, -0.25) is 0 Å². The molecule has 0 aliphatic rings. The van der Waals surface area contributed by atoms with Gasteiger partial charge in [-0.05, 0) is 0 Å². The van der Waals surface area contributed by atoms with Gasteiger partial charge in [-0.2, -0.15) is 0 Å². The molecule has 0 aliphatic carbocycles. The zero-order chi connectivity index (χ0) is 4.41. The van der Waals surface area contributed by atoms with Crippen LogP contribution in [0.3, 0.4) is 0 Å². The molecular formula is C3H2AtNO. The minimum atomic E-state index is 1.12. The van der Waals surface area contributed by atoms with Crippen LogP contribution in [0.4, 0.5) is 0 Å². The number of hydrogen-bond donors (Lipinski definition) is 0. The summed E-state index contributed by atoms with van der Waals surface area (Å²) in [6, 6.07) is 0. The van der Waals surface area contributed by atoms with E-state index in [0.717, 1.165) is 3.27 Å². The molecule has 32 valence electrons. The van der Waals surface area contributed by atoms with Crippen molar-refractivity contribution in [1.82, 2.24) is 5.16 Å². The molecule has 0 unspecified atom stereocenters. The minimum absolute atomic E-state index is 1.12. The van der Waals surface area contributed by atoms with Crippen LogP contribution in [0.1, 0.15) is 0 Å². The molecule has 0 fully saturated rings. The fourth-order valence-electron chi connectivity index (χ4n) is 0.192. The van der Waals surface area contributed by atoms with E-state index >= 15 is 0 Å². The summed E-state index contributed by atoms with van der Waals surface area (Å²) in [6.45, 7) is 0. The molecule has 0 saturated heterocycles. The van der Waals surface area contributed by atoms with Crippen molar-refractivity contribution in [2.75, 3.05) is 0 Å². The molecule has 1 aromatic rings. The van der Waals surface area contributed by atoms with Crippen molar-refractivity contribution in [3.05, 3.63) is 12.5 Å². The summed E-state index contributed by atoms with van der Waals surface area (Å²) in [5.41, 5.74) is 0. The number of hydrogen-bond acceptors (Lipinski definition) is 2. The van der Waals surface area contributed by atoms with Gasteiger partial charge >= 0.3 is 50.1 Å². The Bertz CT molecular complexity index is 114. The molecule has 0 amide bonds. The van der Waals surface area contributed by atoms with Crippen LogP contribution in [-0.2, 0) is 0 Å². The maximum absolute atomic E-state index is 4.48. The van der Waals surface area contributed by atoms with E-state index in [0.29, 0.717) is 0 Å². The van der Waals surface area contributed by atoms with Crippen LogP contribution < -0.4 is 3.27 Å². The fraction of sp³-hybridized carbons (Fsp3) is 0. The Balaban J connectivity index is 3.05. The quantitative estimate of drug-likeness (QED) is 0.659. The summed E-state index contributed by atoms with van der Waals surface area (Å²) in [4.78, 5) is 0. The van der Waals surface area contributed by atoms with Crippen molar-refractivity contribution in [2.24, 2.45) is 0 Å². The molecule has 1 rings (SSSR count). The molecule has 0 saturated carbocycles. The summed E-state index contributed by atoms with van der Waals surface area (Å²) >= 11 is 1.57. The van der Waals surface area contributed by atoms with Crippen molar-refractivity contribution in [3.63, 3.8) is 0 Å². The van der Waals surface area contributed by atoms with Crippen LogP contribution in [0.5, 0.6) is 0 Å². The Morgan fingerprint density at radius 2 is 2.67 bits per heavy atom. The fourth-order valence-corrected chi connectivity index (χ4v) is 0.502. The molecule has 3 heteroatoms. The van der Waals surface area contributed by atoms with Gasteiger partial charge in [0, 0.05) is 0 Å². The maximum atomic E-state index is 4.48. The average molecular weight is 278 g/mol. The van der Waals surface area contributed by atoms with E-state index in [2.05, 4.69) is 9.68 Å². The molecule has 0 N–H and O–H groups in total. The molecule has 2 nitrogen and oxygen atoms in total. The molecule has 0 aromatic carbocycles. The van der Waals surface area contributed by atoms with E-state index in [1.54, 1.807) is 37.2 Å². The number of aromatic nitrogens is 1. The first-order valence-electron chi connectivity index (χ1n) is 1.44. The van der Waals surface area contributed by atoms with E-state index < -0.39 is 0 Å². The van der Waals surface area contributed by atoms with Crippen LogP contribution in [0.15, 0.2) is 17.0 Å². The summed E-state index contributed by atoms with van der Waals surface area (Å²) < 4.78 is 5.60. The normalized spacial score (nSPS) is 8.83. The van der Waals surface area contributed by atoms with Gasteiger partial charge < -0.3 is 0 Å². The molecule has 1 heterocycles. The van der Waals surface area contributed by atoms with Crippen molar-refractivity contribution >= 4 is 3.27 Å². The van der Waals surface area contributed by atoms with Crippen molar-refractivity contribution < 1.29 is 29.2 Å². The second-order valence-corrected chi connectivity index (χ2v) is 2.54. The van der Waals surface area contributed by atoms with Gasteiger partial charge in [0.1, 0.15) is 0 Å². The number of nitrogens with zero attached hydrogens (tertiary/aromatic N) is 1. The molecule has 1 aromatic heterocycles. The third-order valence-electron chi connectivity index (χ3n) is 0.402. The molecule has 0 radical (unpaired) electrons. The Labute approximate surface area is 50.4 Å². The molecular weight excluding hydrogens is 276 g/mol. The first-order valence-corrected chi connectivity index (χ1v) is 2.91. The van der Waals surface area contributed by atoms with Crippen LogP contribution in [0.25, 0.3) is 0 Å². The molecule has 0 spiro atoms. The van der Waals surface area contributed by atoms with E-state index in [9.17, 15) is 0 Å². The van der Waals surface area contributed by atoms with Crippen LogP contribution >= 0.6 is 0 Å². The first-order chi connectivity index (χ1) is 2.89. The standard InChI is InChI=1S/C3H2AtNO/c4-3-1-5-6-2-3/h1-2H. The van der Waals surface area contributed by atoms with Gasteiger partial charge in [-0.15, -0.1) is 0 Å². The Hall–Kier alpha value is 0.0931. The van der Waals surface area contributed by atoms with E-state index in [4.69, 9.17) is 0 Å². The second kappa shape index (κ2) is 1.70. The van der Waals surface area contributed by atoms with E-state index in [1.807, 2.05) is 0 Å². The molecule has 0 aliphatic heterocycles. The van der Waals surface area contributed by atoms with Crippen molar-refractivity contribution in [3.8, 4) is 0 Å². The molecule has 6 heavy (non-hydrogen) atoms. The first kappa shape index (κ1) is 4.26. The van der Waals surface area contributed by atoms with Gasteiger partial charge in [0.05, 0.1) is 0 Å². The SMILES string of the molecule is [At]c1cnoc1. The Morgan fingerprint density at radius 1 is 1.83 bits per heavy atom. The topological polar surface area (TPSA) is 26.0 Å². The average Bonchev–Trinajstić information content (AvgIpc) is 1.86. The predicted molar refractivity (Wildman–Crippen MR) is 16.1 cm³/mol. The van der Waals surface area contributed by atoms with E-state index in [-0.39, 0.29) is 0 Å². The van der Waals surface area contributed by atoms with Gasteiger partial charge in [-0.25, -0.2) is 0 Å². The second-order valence-electron chi connectivity index (χ2n) is 0.843. The van der Waals surface area contributed by atoms with Gasteiger partial charge in [0.2, 0.25) is 0 Å². The third kappa shape index (κ3) is 0.778. The Morgan fingerprint density at radius 3 is 2.83 bits per heavy atom. The van der Waals surface area contributed by atoms with Gasteiger partial charge in [0.25, 0.3) is 0 Å². The zero-order valence-corrected chi connectivity index (χ0v) is 5.83. The van der Waals surface area contributed by atoms with E-state index in [1.165, 1.54) is 0 Å². The molecule has 0 bridgehead atoms. The van der Waals surface area contributed by atoms with Crippen LogP contribution in [0.2, 0.25) is 0 Å². The summed E-state index contributed by atoms with van der Waals surface area (Å²) in [5.74, 6) is 0. The third-order valence-corrected chi connectivity index (χ3v) is 1.13. The molecule has 0 atom stereocenters. The summed E-state index contributed by atoms with van der Waals surface area (Å²) in [5, 5.41) is 3.46. The van der Waals surface area contributed by atoms with Crippen molar-refractivity contribution in [1.29, 1.82) is 0 Å². The predicted octanol–water partition coefficient (Wildman–Crippen LogP) is -0.151. The van der Waals surface area contributed by atoms with Gasteiger partial charge in [-0.1, -0.05) is 0 Å². The Kier molecular flexibility index (Phi) is 1.20. The summed E-state index contributed by atoms with van der Waals surface area (Å²) in [6.07, 6.45) is 3.31. The van der Waals surface area contributed by atoms with Crippen LogP contribution in [0, 0.1) is 24.7 Å². The zero-order valence-electron chi connectivity index (χ0n) is 2.89. The van der Waals surface area contributed by atoms with Gasteiger partial charge in [0.15, 0.2) is 0 Å². The summed E-state index contributed by atoms with van der Waals surface area (Å²) in [7, 11) is 0. The monoisotopic (exact) mass is 278 g/mol. The van der Waals surface area contributed by atoms with Crippen molar-refractivity contribution in [2.45, 2.75) is 0 Å². The van der Waals surface area contributed by atoms with Crippen LogP contribution in [-0.4, -0.2) is 5.16 Å². The number of rotatable bonds is 0.